The van der Waals surface area contributed by atoms with E-state index in [4.69, 9.17) is 15.2 Å². The van der Waals surface area contributed by atoms with Crippen molar-refractivity contribution in [2.75, 3.05) is 59.2 Å². The summed E-state index contributed by atoms with van der Waals surface area (Å²) in [6.07, 6.45) is 5.39. The summed E-state index contributed by atoms with van der Waals surface area (Å²) in [7, 11) is 3.81. The van der Waals surface area contributed by atoms with Crippen molar-refractivity contribution < 1.29 is 9.47 Å². The average Bonchev–Trinajstić information content (AvgIpc) is 3.08. The first kappa shape index (κ1) is 21.6. The van der Waals surface area contributed by atoms with E-state index in [-0.39, 0.29) is 0 Å². The van der Waals surface area contributed by atoms with Crippen LogP contribution in [0.25, 0.3) is 11.2 Å². The van der Waals surface area contributed by atoms with Crippen LogP contribution < -0.4 is 15.2 Å². The molecule has 0 atom stereocenters. The van der Waals surface area contributed by atoms with Gasteiger partial charge in [-0.25, -0.2) is 0 Å². The molecule has 0 bridgehead atoms. The van der Waals surface area contributed by atoms with E-state index >= 15 is 0 Å². The molecule has 3 heterocycles. The first-order valence-electron chi connectivity index (χ1n) is 10.7. The molecule has 1 aliphatic heterocycles. The highest BCUT2D eigenvalue weighted by Crippen LogP contribution is 2.26. The molecule has 29 heavy (non-hydrogen) atoms. The third-order valence-electron chi connectivity index (χ3n) is 5.43. The quantitative estimate of drug-likeness (QED) is 0.568. The molecular weight excluding hydrogens is 370 g/mol. The molecule has 0 radical (unpaired) electrons. The Morgan fingerprint density at radius 1 is 0.966 bits per heavy atom. The smallest absolute Gasteiger partial charge is 0.320 e. The van der Waals surface area contributed by atoms with Crippen LogP contribution in [0.3, 0.4) is 0 Å². The molecule has 0 saturated carbocycles. The van der Waals surface area contributed by atoms with Crippen molar-refractivity contribution in [1.29, 1.82) is 0 Å². The molecule has 1 aliphatic rings. The Kier molecular flexibility index (Phi) is 7.88. The maximum atomic E-state index is 6.10. The first-order valence-corrected chi connectivity index (χ1v) is 10.7. The average molecular weight is 406 g/mol. The van der Waals surface area contributed by atoms with E-state index in [1.807, 2.05) is 4.57 Å². The summed E-state index contributed by atoms with van der Waals surface area (Å²) in [5, 5.41) is 0. The number of rotatable bonds is 11. The highest BCUT2D eigenvalue weighted by Gasteiger charge is 2.18. The van der Waals surface area contributed by atoms with Crippen LogP contribution in [0.1, 0.15) is 39.0 Å². The van der Waals surface area contributed by atoms with Crippen LogP contribution >= 0.6 is 0 Å². The fourth-order valence-electron chi connectivity index (χ4n) is 3.56. The van der Waals surface area contributed by atoms with Gasteiger partial charge in [0.25, 0.3) is 6.01 Å². The van der Waals surface area contributed by atoms with Crippen LogP contribution in [-0.4, -0.2) is 82.8 Å². The van der Waals surface area contributed by atoms with Crippen LogP contribution in [0.15, 0.2) is 0 Å². The Hall–Kier alpha value is -2.13. The zero-order chi connectivity index (χ0) is 20.6. The number of piperazine rings is 1. The number of imidazole rings is 1. The molecular formula is C20H35N7O2. The van der Waals surface area contributed by atoms with Crippen molar-refractivity contribution in [3.05, 3.63) is 0 Å². The second-order valence-corrected chi connectivity index (χ2v) is 7.72. The summed E-state index contributed by atoms with van der Waals surface area (Å²) >= 11 is 0. The number of aromatic nitrogens is 4. The lowest BCUT2D eigenvalue weighted by Crippen LogP contribution is -2.44. The van der Waals surface area contributed by atoms with E-state index in [1.54, 1.807) is 7.11 Å². The number of fused-ring (bicyclic) bond motifs is 1. The maximum Gasteiger partial charge on any atom is 0.320 e. The molecule has 3 rings (SSSR count). The monoisotopic (exact) mass is 405 g/mol. The molecule has 0 aromatic carbocycles. The van der Waals surface area contributed by atoms with E-state index < -0.39 is 0 Å². The van der Waals surface area contributed by atoms with Gasteiger partial charge in [0.05, 0.1) is 13.7 Å². The highest BCUT2D eigenvalue weighted by atomic mass is 16.5. The minimum Gasteiger partial charge on any atom is -0.468 e. The number of ether oxygens (including phenoxy) is 2. The number of anilines is 1. The van der Waals surface area contributed by atoms with Gasteiger partial charge in [0, 0.05) is 32.7 Å². The molecule has 0 aliphatic carbocycles. The molecule has 1 fully saturated rings. The molecule has 2 N–H and O–H groups in total. The van der Waals surface area contributed by atoms with Gasteiger partial charge in [-0.1, -0.05) is 19.8 Å². The number of likely N-dealkylation sites (N-methyl/N-ethyl adjacent to an activating group) is 1. The lowest BCUT2D eigenvalue weighted by atomic mass is 10.2. The Labute approximate surface area is 173 Å². The number of aryl methyl sites for hydroxylation is 1. The Morgan fingerprint density at radius 3 is 2.45 bits per heavy atom. The van der Waals surface area contributed by atoms with Crippen molar-refractivity contribution in [3.63, 3.8) is 0 Å². The largest absolute Gasteiger partial charge is 0.468 e. The minimum absolute atomic E-state index is 0.308. The van der Waals surface area contributed by atoms with Gasteiger partial charge in [0.15, 0.2) is 17.0 Å². The zero-order valence-corrected chi connectivity index (χ0v) is 18.1. The standard InChI is InChI=1S/C20H35N7O2/c1-4-5-15-29-19-23-17(21)16-18(24-19)27(20(22-16)28-3)10-8-6-7-9-26-13-11-25(2)12-14-26/h4-15H2,1-3H3,(H2,21,23,24). The summed E-state index contributed by atoms with van der Waals surface area (Å²) in [5.74, 6) is 0.327. The van der Waals surface area contributed by atoms with E-state index in [1.165, 1.54) is 39.1 Å². The lowest BCUT2D eigenvalue weighted by molar-refractivity contribution is 0.152. The normalized spacial score (nSPS) is 15.8. The number of methoxy groups -OCH3 is 1. The summed E-state index contributed by atoms with van der Waals surface area (Å²) in [6.45, 7) is 9.34. The molecule has 9 heteroatoms. The Balaban J connectivity index is 1.58. The number of nitrogens with zero attached hydrogens (tertiary/aromatic N) is 6. The van der Waals surface area contributed by atoms with E-state index in [0.29, 0.717) is 35.6 Å². The lowest BCUT2D eigenvalue weighted by Gasteiger charge is -2.32. The van der Waals surface area contributed by atoms with Crippen LogP contribution in [0.2, 0.25) is 0 Å². The fraction of sp³-hybridized carbons (Fsp3) is 0.750. The first-order chi connectivity index (χ1) is 14.1. The molecule has 1 saturated heterocycles. The zero-order valence-electron chi connectivity index (χ0n) is 18.1. The van der Waals surface area contributed by atoms with Crippen LogP contribution in [0, 0.1) is 0 Å². The van der Waals surface area contributed by atoms with Gasteiger partial charge in [-0.3, -0.25) is 4.57 Å². The predicted octanol–water partition coefficient (Wildman–Crippen LogP) is 2.01. The number of unbranched alkanes of at least 4 members (excludes halogenated alkanes) is 3. The predicted molar refractivity (Wildman–Crippen MR) is 114 cm³/mol. The van der Waals surface area contributed by atoms with Gasteiger partial charge in [0.2, 0.25) is 0 Å². The molecule has 2 aromatic rings. The van der Waals surface area contributed by atoms with Crippen LogP contribution in [0.5, 0.6) is 12.0 Å². The highest BCUT2D eigenvalue weighted by molar-refractivity contribution is 5.83. The van der Waals surface area contributed by atoms with E-state index in [2.05, 4.69) is 38.7 Å². The summed E-state index contributed by atoms with van der Waals surface area (Å²) in [6, 6.07) is 0.827. The van der Waals surface area contributed by atoms with E-state index in [0.717, 1.165) is 32.2 Å². The number of hydrogen-bond acceptors (Lipinski definition) is 8. The molecule has 0 amide bonds. The van der Waals surface area contributed by atoms with Crippen molar-refractivity contribution >= 4 is 17.0 Å². The third-order valence-corrected chi connectivity index (χ3v) is 5.43. The van der Waals surface area contributed by atoms with Gasteiger partial charge in [-0.05, 0) is 32.9 Å². The molecule has 0 unspecified atom stereocenters. The van der Waals surface area contributed by atoms with Gasteiger partial charge in [-0.15, -0.1) is 0 Å². The third kappa shape index (κ3) is 5.70. The second kappa shape index (κ2) is 10.6. The van der Waals surface area contributed by atoms with Crippen molar-refractivity contribution in [2.24, 2.45) is 0 Å². The summed E-state index contributed by atoms with van der Waals surface area (Å²) < 4.78 is 13.1. The molecule has 162 valence electrons. The second-order valence-electron chi connectivity index (χ2n) is 7.72. The fourth-order valence-corrected chi connectivity index (χ4v) is 3.56. The number of nitrogen functional groups attached to an aromatic ring is 1. The minimum atomic E-state index is 0.308. The van der Waals surface area contributed by atoms with Crippen molar-refractivity contribution in [3.8, 4) is 12.0 Å². The Bertz CT molecular complexity index is 772. The van der Waals surface area contributed by atoms with Gasteiger partial charge < -0.3 is 25.0 Å². The van der Waals surface area contributed by atoms with Crippen LogP contribution in [-0.2, 0) is 6.54 Å². The molecule has 0 spiro atoms. The number of nitrogens with two attached hydrogens (primary N) is 1. The van der Waals surface area contributed by atoms with Gasteiger partial charge >= 0.3 is 6.01 Å². The number of hydrogen-bond donors (Lipinski definition) is 1. The van der Waals surface area contributed by atoms with Gasteiger partial charge in [-0.2, -0.15) is 15.0 Å². The molecule has 2 aromatic heterocycles. The SMILES string of the molecule is CCCCOc1nc(N)c2nc(OC)n(CCCCCN3CCN(C)CC3)c2n1. The maximum absolute atomic E-state index is 6.10. The molecule has 9 nitrogen and oxygen atoms in total. The van der Waals surface area contributed by atoms with E-state index in [9.17, 15) is 0 Å². The van der Waals surface area contributed by atoms with Crippen molar-refractivity contribution in [2.45, 2.75) is 45.6 Å². The van der Waals surface area contributed by atoms with Gasteiger partial charge in [0.1, 0.15) is 0 Å². The van der Waals surface area contributed by atoms with Crippen molar-refractivity contribution in [1.82, 2.24) is 29.3 Å². The van der Waals surface area contributed by atoms with Crippen LogP contribution in [0.4, 0.5) is 5.82 Å². The topological polar surface area (TPSA) is 94.6 Å². The Morgan fingerprint density at radius 2 is 1.72 bits per heavy atom. The summed E-state index contributed by atoms with van der Waals surface area (Å²) in [5.41, 5.74) is 7.35. The summed E-state index contributed by atoms with van der Waals surface area (Å²) in [4.78, 5) is 18.2.